The Morgan fingerprint density at radius 1 is 0.932 bits per heavy atom. The van der Waals surface area contributed by atoms with E-state index in [0.29, 0.717) is 11.3 Å². The minimum Gasteiger partial charge on any atom is -0.497 e. The van der Waals surface area contributed by atoms with Crippen molar-refractivity contribution in [1.82, 2.24) is 9.72 Å². The zero-order chi connectivity index (χ0) is 31.6. The van der Waals surface area contributed by atoms with E-state index in [0.717, 1.165) is 27.1 Å². The van der Waals surface area contributed by atoms with Crippen LogP contribution in [0.3, 0.4) is 0 Å². The second kappa shape index (κ2) is 11.9. The standard InChI is InChI=1S/C29H23F4N3O7S/c1-40-20-6-3-18(4-7-20)16-35(27-11-12-43-34-27)44(38,39)21-8-9-23-19(13-21)5-10-28(37)36(23)24-14-22(30)25(15-26(24)41-2)42-17-29(31,32)33/h3-15H,16-17H2,1-2H3. The van der Waals surface area contributed by atoms with Crippen LogP contribution < -0.4 is 24.1 Å². The van der Waals surface area contributed by atoms with Gasteiger partial charge in [0, 0.05) is 29.7 Å². The van der Waals surface area contributed by atoms with Gasteiger partial charge in [-0.05, 0) is 42.0 Å². The zero-order valence-electron chi connectivity index (χ0n) is 23.0. The van der Waals surface area contributed by atoms with Crippen molar-refractivity contribution in [3.05, 3.63) is 101 Å². The fourth-order valence-corrected chi connectivity index (χ4v) is 5.84. The van der Waals surface area contributed by atoms with Crippen LogP contribution in [0, 0.1) is 5.82 Å². The average Bonchev–Trinajstić information content (AvgIpc) is 3.53. The van der Waals surface area contributed by atoms with Crippen molar-refractivity contribution < 1.29 is 44.7 Å². The molecule has 0 N–H and O–H groups in total. The average molecular weight is 634 g/mol. The molecule has 5 aromatic rings. The maximum atomic E-state index is 14.9. The Kier molecular flexibility index (Phi) is 8.23. The molecule has 3 aromatic carbocycles. The van der Waals surface area contributed by atoms with Crippen LogP contribution >= 0.6 is 0 Å². The summed E-state index contributed by atoms with van der Waals surface area (Å²) in [7, 11) is -1.57. The van der Waals surface area contributed by atoms with Crippen LogP contribution in [0.4, 0.5) is 23.4 Å². The summed E-state index contributed by atoms with van der Waals surface area (Å²) in [6, 6.07) is 16.3. The summed E-state index contributed by atoms with van der Waals surface area (Å²) in [6.45, 7) is -1.84. The van der Waals surface area contributed by atoms with Gasteiger partial charge in [0.2, 0.25) is 0 Å². The van der Waals surface area contributed by atoms with Gasteiger partial charge in [-0.2, -0.15) is 13.2 Å². The molecular weight excluding hydrogens is 610 g/mol. The van der Waals surface area contributed by atoms with E-state index in [9.17, 15) is 30.8 Å². The Labute approximate surface area is 247 Å². The Balaban J connectivity index is 1.57. The van der Waals surface area contributed by atoms with Gasteiger partial charge < -0.3 is 18.7 Å². The maximum Gasteiger partial charge on any atom is 0.422 e. The smallest absolute Gasteiger partial charge is 0.422 e. The molecule has 230 valence electrons. The molecule has 0 aliphatic heterocycles. The topological polar surface area (TPSA) is 113 Å². The van der Waals surface area contributed by atoms with Gasteiger partial charge >= 0.3 is 6.18 Å². The van der Waals surface area contributed by atoms with Crippen LogP contribution in [0.25, 0.3) is 16.6 Å². The number of alkyl halides is 3. The number of rotatable bonds is 10. The van der Waals surface area contributed by atoms with Gasteiger partial charge in [0.25, 0.3) is 15.6 Å². The molecule has 0 aliphatic rings. The zero-order valence-corrected chi connectivity index (χ0v) is 23.9. The number of hydrogen-bond acceptors (Lipinski definition) is 8. The number of aromatic nitrogens is 2. The van der Waals surface area contributed by atoms with Crippen molar-refractivity contribution in [1.29, 1.82) is 0 Å². The lowest BCUT2D eigenvalue weighted by Gasteiger charge is -2.22. The van der Waals surface area contributed by atoms with E-state index in [-0.39, 0.29) is 39.6 Å². The second-order valence-corrected chi connectivity index (χ2v) is 11.2. The minimum atomic E-state index is -4.71. The maximum absolute atomic E-state index is 14.9. The summed E-state index contributed by atoms with van der Waals surface area (Å²) in [5, 5.41) is 4.08. The van der Waals surface area contributed by atoms with Crippen molar-refractivity contribution in [2.24, 2.45) is 0 Å². The molecule has 5 rings (SSSR count). The number of hydrogen-bond donors (Lipinski definition) is 0. The first-order valence-electron chi connectivity index (χ1n) is 12.7. The van der Waals surface area contributed by atoms with E-state index in [1.807, 2.05) is 0 Å². The monoisotopic (exact) mass is 633 g/mol. The summed E-state index contributed by atoms with van der Waals surface area (Å²) in [5.74, 6) is -1.44. The second-order valence-electron chi connectivity index (χ2n) is 9.30. The van der Waals surface area contributed by atoms with Crippen molar-refractivity contribution in [3.8, 4) is 22.9 Å². The van der Waals surface area contributed by atoms with Gasteiger partial charge in [0.1, 0.15) is 17.8 Å². The normalized spacial score (nSPS) is 11.9. The predicted molar refractivity (Wildman–Crippen MR) is 150 cm³/mol. The highest BCUT2D eigenvalue weighted by atomic mass is 32.2. The number of benzene rings is 3. The van der Waals surface area contributed by atoms with E-state index < -0.39 is 39.9 Å². The molecule has 2 aromatic heterocycles. The highest BCUT2D eigenvalue weighted by molar-refractivity contribution is 7.92. The van der Waals surface area contributed by atoms with Gasteiger partial charge in [0.15, 0.2) is 24.0 Å². The van der Waals surface area contributed by atoms with Crippen molar-refractivity contribution in [2.75, 3.05) is 25.1 Å². The lowest BCUT2D eigenvalue weighted by Crippen LogP contribution is -2.31. The third-order valence-electron chi connectivity index (χ3n) is 6.48. The number of ether oxygens (including phenoxy) is 3. The summed E-state index contributed by atoms with van der Waals surface area (Å²) in [6.07, 6.45) is -3.47. The quantitative estimate of drug-likeness (QED) is 0.186. The number of pyridine rings is 1. The largest absolute Gasteiger partial charge is 0.497 e. The summed E-state index contributed by atoms with van der Waals surface area (Å²) < 4.78 is 103. The molecule has 0 spiro atoms. The molecule has 15 heteroatoms. The Hall–Kier alpha value is -5.05. The molecule has 0 fully saturated rings. The molecule has 2 heterocycles. The fraction of sp³-hybridized carbons (Fsp3) is 0.172. The lowest BCUT2D eigenvalue weighted by molar-refractivity contribution is -0.153. The van der Waals surface area contributed by atoms with E-state index in [1.54, 1.807) is 24.3 Å². The molecular formula is C29H23F4N3O7S. The number of halogens is 4. The van der Waals surface area contributed by atoms with E-state index in [1.165, 1.54) is 50.8 Å². The number of methoxy groups -OCH3 is 2. The molecule has 10 nitrogen and oxygen atoms in total. The van der Waals surface area contributed by atoms with Crippen LogP contribution in [0.15, 0.2) is 93.3 Å². The SMILES string of the molecule is COc1ccc(CN(c2ccon2)S(=O)(=O)c2ccc3c(ccc(=O)n3-c3cc(F)c(OCC(F)(F)F)cc3OC)c2)cc1. The van der Waals surface area contributed by atoms with Crippen LogP contribution in [-0.2, 0) is 16.6 Å². The number of anilines is 1. The highest BCUT2D eigenvalue weighted by Gasteiger charge is 2.30. The number of nitrogens with zero attached hydrogens (tertiary/aromatic N) is 3. The number of fused-ring (bicyclic) bond motifs is 1. The summed E-state index contributed by atoms with van der Waals surface area (Å²) in [5.41, 5.74) is 0.0165. The van der Waals surface area contributed by atoms with Gasteiger partial charge in [0.05, 0.1) is 36.9 Å². The molecule has 0 saturated carbocycles. The first-order chi connectivity index (χ1) is 20.9. The van der Waals surface area contributed by atoms with Gasteiger partial charge in [-0.3, -0.25) is 9.36 Å². The summed E-state index contributed by atoms with van der Waals surface area (Å²) in [4.78, 5) is 12.8. The molecule has 0 radical (unpaired) electrons. The molecule has 0 aliphatic carbocycles. The van der Waals surface area contributed by atoms with Crippen molar-refractivity contribution >= 4 is 26.7 Å². The fourth-order valence-electron chi connectivity index (χ4n) is 4.41. The predicted octanol–water partition coefficient (Wildman–Crippen LogP) is 5.47. The number of sulfonamides is 1. The Morgan fingerprint density at radius 3 is 2.32 bits per heavy atom. The van der Waals surface area contributed by atoms with Gasteiger partial charge in [-0.25, -0.2) is 17.1 Å². The molecule has 0 unspecified atom stereocenters. The first-order valence-corrected chi connectivity index (χ1v) is 14.1. The Bertz CT molecular complexity index is 1960. The van der Waals surface area contributed by atoms with E-state index in [4.69, 9.17) is 14.0 Å². The first kappa shape index (κ1) is 30.4. The highest BCUT2D eigenvalue weighted by Crippen LogP contribution is 2.34. The van der Waals surface area contributed by atoms with Gasteiger partial charge in [-0.1, -0.05) is 17.3 Å². The minimum absolute atomic E-state index is 0.0268. The van der Waals surface area contributed by atoms with E-state index >= 15 is 0 Å². The summed E-state index contributed by atoms with van der Waals surface area (Å²) >= 11 is 0. The van der Waals surface area contributed by atoms with Crippen LogP contribution in [0.5, 0.6) is 17.2 Å². The molecule has 44 heavy (non-hydrogen) atoms. The lowest BCUT2D eigenvalue weighted by atomic mass is 10.2. The van der Waals surface area contributed by atoms with Crippen LogP contribution in [-0.4, -0.2) is 45.1 Å². The van der Waals surface area contributed by atoms with Crippen molar-refractivity contribution in [3.63, 3.8) is 0 Å². The van der Waals surface area contributed by atoms with Gasteiger partial charge in [-0.15, -0.1) is 0 Å². The molecule has 0 saturated heterocycles. The third-order valence-corrected chi connectivity index (χ3v) is 8.23. The Morgan fingerprint density at radius 2 is 1.68 bits per heavy atom. The molecule has 0 bridgehead atoms. The van der Waals surface area contributed by atoms with Crippen LogP contribution in [0.2, 0.25) is 0 Å². The van der Waals surface area contributed by atoms with Crippen molar-refractivity contribution in [2.45, 2.75) is 17.6 Å². The molecule has 0 atom stereocenters. The van der Waals surface area contributed by atoms with Crippen LogP contribution in [0.1, 0.15) is 5.56 Å². The third kappa shape index (κ3) is 6.17. The molecule has 0 amide bonds. The van der Waals surface area contributed by atoms with E-state index in [2.05, 4.69) is 9.89 Å².